The summed E-state index contributed by atoms with van der Waals surface area (Å²) < 4.78 is 27.0. The molecule has 1 saturated carbocycles. The van der Waals surface area contributed by atoms with Crippen molar-refractivity contribution in [3.05, 3.63) is 83.6 Å². The highest BCUT2D eigenvalue weighted by molar-refractivity contribution is 5.73. The van der Waals surface area contributed by atoms with E-state index in [1.54, 1.807) is 31.6 Å². The summed E-state index contributed by atoms with van der Waals surface area (Å²) in [5, 5.41) is 3.26. The zero-order valence-electron chi connectivity index (χ0n) is 23.8. The molecular weight excluding hydrogens is 505 g/mol. The van der Waals surface area contributed by atoms with Gasteiger partial charge in [-0.05, 0) is 56.2 Å². The maximum atomic E-state index is 15.1. The third kappa shape index (κ3) is 7.57. The maximum absolute atomic E-state index is 15.1. The molecule has 1 amide bonds. The van der Waals surface area contributed by atoms with Crippen molar-refractivity contribution in [3.8, 4) is 0 Å². The molecule has 2 heterocycles. The lowest BCUT2D eigenvalue weighted by Gasteiger charge is -2.39. The molecule has 40 heavy (non-hydrogen) atoms. The highest BCUT2D eigenvalue weighted by Crippen LogP contribution is 2.36. The van der Waals surface area contributed by atoms with Gasteiger partial charge in [0, 0.05) is 51.5 Å². The number of amides is 1. The molecule has 0 spiro atoms. The number of nitrogens with zero attached hydrogens (tertiary/aromatic N) is 2. The van der Waals surface area contributed by atoms with Crippen LogP contribution in [0.1, 0.15) is 76.2 Å². The Kier molecular flexibility index (Phi) is 9.98. The number of hydrogen-bond acceptors (Lipinski definition) is 5. The molecule has 1 aromatic rings. The van der Waals surface area contributed by atoms with Crippen LogP contribution in [0.4, 0.5) is 4.39 Å². The molecular formula is C33H44FN3O3. The topological polar surface area (TPSA) is 54.0 Å². The van der Waals surface area contributed by atoms with Gasteiger partial charge in [0.2, 0.25) is 11.8 Å². The first kappa shape index (κ1) is 28.5. The molecule has 0 aromatic heterocycles. The molecule has 5 rings (SSSR count). The van der Waals surface area contributed by atoms with Gasteiger partial charge in [-0.3, -0.25) is 9.69 Å². The van der Waals surface area contributed by atoms with Gasteiger partial charge in [-0.1, -0.05) is 61.3 Å². The number of benzene rings is 1. The van der Waals surface area contributed by atoms with Crippen LogP contribution in [0, 0.1) is 11.7 Å². The Balaban J connectivity index is 1.17. The van der Waals surface area contributed by atoms with Gasteiger partial charge in [-0.15, -0.1) is 0 Å². The van der Waals surface area contributed by atoms with Crippen LogP contribution >= 0.6 is 0 Å². The van der Waals surface area contributed by atoms with E-state index in [4.69, 9.17) is 9.47 Å². The molecule has 1 saturated heterocycles. The van der Waals surface area contributed by atoms with Crippen molar-refractivity contribution in [1.29, 1.82) is 0 Å². The van der Waals surface area contributed by atoms with Crippen LogP contribution in [-0.4, -0.2) is 54.5 Å². The highest BCUT2D eigenvalue weighted by Gasteiger charge is 2.34. The van der Waals surface area contributed by atoms with Gasteiger partial charge in [0.05, 0.1) is 0 Å². The Hall–Kier alpha value is -3.06. The third-order valence-electron chi connectivity index (χ3n) is 8.83. The lowest BCUT2D eigenvalue weighted by molar-refractivity contribution is -0.120. The Morgan fingerprint density at radius 1 is 1.07 bits per heavy atom. The summed E-state index contributed by atoms with van der Waals surface area (Å²) in [5.41, 5.74) is 2.09. The van der Waals surface area contributed by atoms with Crippen LogP contribution in [0.3, 0.4) is 0 Å². The minimum absolute atomic E-state index is 0.0296. The lowest BCUT2D eigenvalue weighted by atomic mass is 9.75. The largest absolute Gasteiger partial charge is 0.460 e. The number of halogens is 1. The molecule has 0 bridgehead atoms. The molecule has 1 aromatic carbocycles. The first-order valence-corrected chi connectivity index (χ1v) is 15.1. The molecule has 2 aliphatic heterocycles. The first-order chi connectivity index (χ1) is 19.6. The van der Waals surface area contributed by atoms with E-state index in [0.29, 0.717) is 5.92 Å². The summed E-state index contributed by atoms with van der Waals surface area (Å²) >= 11 is 0. The minimum Gasteiger partial charge on any atom is -0.460 e. The molecule has 216 valence electrons. The Morgan fingerprint density at radius 3 is 2.55 bits per heavy atom. The second kappa shape index (κ2) is 14.0. The summed E-state index contributed by atoms with van der Waals surface area (Å²) in [5.74, 6) is 1.73. The van der Waals surface area contributed by atoms with Crippen molar-refractivity contribution >= 4 is 5.91 Å². The molecule has 7 heteroatoms. The van der Waals surface area contributed by atoms with Crippen LogP contribution in [-0.2, 0) is 14.3 Å². The fraction of sp³-hybridized carbons (Fsp3) is 0.545. The molecule has 4 aliphatic rings. The number of allylic oxidation sites excluding steroid dienone is 4. The first-order valence-electron chi connectivity index (χ1n) is 15.1. The van der Waals surface area contributed by atoms with Gasteiger partial charge in [-0.25, -0.2) is 4.39 Å². The number of carbonyl (C=O) groups excluding carboxylic acids is 1. The quantitative estimate of drug-likeness (QED) is 0.368. The lowest BCUT2D eigenvalue weighted by Crippen LogP contribution is -2.48. The molecule has 2 unspecified atom stereocenters. The minimum atomic E-state index is -0.173. The number of piperazine rings is 1. The standard InChI is InChI=1S/C33H44FN3O3/c1-25(38)35-33(27-12-6-3-7-13-27)30(29-14-8-9-15-31(29)34)16-17-36-18-20-37(21-19-36)32-24-39-28(23-40-32)22-26-10-4-2-5-11-26/h2,4,8-10,14-15,23-24,27,30,33H,3,5-7,11-13,16-22H2,1H3,(H,35,38). The average molecular weight is 550 g/mol. The number of ether oxygens (including phenoxy) is 2. The van der Waals surface area contributed by atoms with Gasteiger partial charge in [0.15, 0.2) is 6.26 Å². The number of carbonyl (C=O) groups is 1. The number of hydrogen-bond donors (Lipinski definition) is 1. The zero-order chi connectivity index (χ0) is 27.7. The normalized spacial score (nSPS) is 21.9. The van der Waals surface area contributed by atoms with E-state index in [2.05, 4.69) is 33.3 Å². The van der Waals surface area contributed by atoms with Crippen LogP contribution in [0.15, 0.2) is 72.2 Å². The van der Waals surface area contributed by atoms with Gasteiger partial charge in [-0.2, -0.15) is 0 Å². The fourth-order valence-electron chi connectivity index (χ4n) is 6.66. The van der Waals surface area contributed by atoms with Gasteiger partial charge in [0.25, 0.3) is 0 Å². The predicted molar refractivity (Wildman–Crippen MR) is 155 cm³/mol. The van der Waals surface area contributed by atoms with Crippen LogP contribution in [0.25, 0.3) is 0 Å². The molecule has 2 atom stereocenters. The van der Waals surface area contributed by atoms with Gasteiger partial charge in [0.1, 0.15) is 17.8 Å². The summed E-state index contributed by atoms with van der Waals surface area (Å²) in [6.45, 7) is 5.93. The van der Waals surface area contributed by atoms with Crippen molar-refractivity contribution in [2.24, 2.45) is 5.92 Å². The Morgan fingerprint density at radius 2 is 1.88 bits per heavy atom. The molecule has 6 nitrogen and oxygen atoms in total. The summed E-state index contributed by atoms with van der Waals surface area (Å²) in [7, 11) is 0. The van der Waals surface area contributed by atoms with E-state index >= 15 is 4.39 Å². The Bertz CT molecular complexity index is 1130. The maximum Gasteiger partial charge on any atom is 0.231 e. The van der Waals surface area contributed by atoms with Crippen molar-refractivity contribution in [2.45, 2.75) is 76.7 Å². The molecule has 1 N–H and O–H groups in total. The summed E-state index contributed by atoms with van der Waals surface area (Å²) in [6, 6.07) is 7.08. The predicted octanol–water partition coefficient (Wildman–Crippen LogP) is 6.36. The smallest absolute Gasteiger partial charge is 0.231 e. The fourth-order valence-corrected chi connectivity index (χ4v) is 6.66. The molecule has 0 radical (unpaired) electrons. The second-order valence-corrected chi connectivity index (χ2v) is 11.6. The Labute approximate surface area is 238 Å². The number of nitrogens with one attached hydrogen (secondary N) is 1. The highest BCUT2D eigenvalue weighted by atomic mass is 19.1. The monoisotopic (exact) mass is 549 g/mol. The van der Waals surface area contributed by atoms with E-state index < -0.39 is 0 Å². The van der Waals surface area contributed by atoms with Gasteiger partial charge < -0.3 is 19.7 Å². The van der Waals surface area contributed by atoms with E-state index in [1.165, 1.54) is 24.8 Å². The van der Waals surface area contributed by atoms with E-state index in [-0.39, 0.29) is 23.7 Å². The van der Waals surface area contributed by atoms with Crippen LogP contribution in [0.5, 0.6) is 0 Å². The molecule has 2 fully saturated rings. The van der Waals surface area contributed by atoms with E-state index in [9.17, 15) is 4.79 Å². The third-order valence-corrected chi connectivity index (χ3v) is 8.83. The average Bonchev–Trinajstić information content (AvgIpc) is 2.99. The summed E-state index contributed by atoms with van der Waals surface area (Å²) in [4.78, 5) is 16.9. The molecule has 2 aliphatic carbocycles. The van der Waals surface area contributed by atoms with Gasteiger partial charge >= 0.3 is 0 Å². The summed E-state index contributed by atoms with van der Waals surface area (Å²) in [6.07, 6.45) is 19.5. The second-order valence-electron chi connectivity index (χ2n) is 11.6. The SMILES string of the molecule is CC(=O)NC(C1CCCCC1)C(CCN1CCN(C2=COC(CC3=CC=CCC3)=CO2)CC1)c1ccccc1F. The zero-order valence-corrected chi connectivity index (χ0v) is 23.8. The van der Waals surface area contributed by atoms with Crippen LogP contribution < -0.4 is 5.32 Å². The van der Waals surface area contributed by atoms with Crippen LogP contribution in [0.2, 0.25) is 0 Å². The number of rotatable bonds is 10. The van der Waals surface area contributed by atoms with Crippen molar-refractivity contribution in [1.82, 2.24) is 15.1 Å². The van der Waals surface area contributed by atoms with E-state index in [1.807, 2.05) is 12.1 Å². The van der Waals surface area contributed by atoms with Crippen molar-refractivity contribution in [3.63, 3.8) is 0 Å². The van der Waals surface area contributed by atoms with E-state index in [0.717, 1.165) is 88.5 Å². The van der Waals surface area contributed by atoms with Crippen molar-refractivity contribution < 1.29 is 18.7 Å². The van der Waals surface area contributed by atoms with Crippen molar-refractivity contribution in [2.75, 3.05) is 32.7 Å².